The lowest BCUT2D eigenvalue weighted by atomic mass is 9.95. The third-order valence-electron chi connectivity index (χ3n) is 6.30. The molecule has 1 heterocycles. The number of carbonyl (C=O) groups is 3. The topological polar surface area (TPSA) is 115 Å². The number of nitrogens with one attached hydrogen (secondary N) is 2. The van der Waals surface area contributed by atoms with Gasteiger partial charge in [0.2, 0.25) is 0 Å². The van der Waals surface area contributed by atoms with Crippen molar-refractivity contribution in [3.63, 3.8) is 0 Å². The molecule has 9 nitrogen and oxygen atoms in total. The first-order valence-corrected chi connectivity index (χ1v) is 14.0. The van der Waals surface area contributed by atoms with E-state index in [1.807, 2.05) is 12.1 Å². The van der Waals surface area contributed by atoms with E-state index in [2.05, 4.69) is 15.8 Å². The maximum absolute atomic E-state index is 12.7. The minimum atomic E-state index is -0.963. The average Bonchev–Trinajstić information content (AvgIpc) is 3.33. The molecule has 0 saturated carbocycles. The summed E-state index contributed by atoms with van der Waals surface area (Å²) in [5.74, 6) is -1.37. The van der Waals surface area contributed by atoms with Crippen molar-refractivity contribution in [2.24, 2.45) is 5.10 Å². The van der Waals surface area contributed by atoms with E-state index in [4.69, 9.17) is 25.8 Å². The van der Waals surface area contributed by atoms with Crippen molar-refractivity contribution in [3.8, 4) is 11.5 Å². The number of esters is 1. The summed E-state index contributed by atoms with van der Waals surface area (Å²) in [5.41, 5.74) is 5.58. The molecule has 11 heteroatoms. The molecular formula is C29H30ClN3O6S. The highest BCUT2D eigenvalue weighted by molar-refractivity contribution is 7.17. The number of carbonyl (C=O) groups excluding carboxylic acids is 3. The molecule has 0 bridgehead atoms. The molecule has 210 valence electrons. The fourth-order valence-electron chi connectivity index (χ4n) is 4.24. The number of nitrogens with zero attached hydrogens (tertiary/aromatic N) is 1. The van der Waals surface area contributed by atoms with E-state index in [-0.39, 0.29) is 6.61 Å². The van der Waals surface area contributed by atoms with E-state index in [1.165, 1.54) is 18.4 Å². The molecule has 2 aromatic carbocycles. The van der Waals surface area contributed by atoms with Gasteiger partial charge in [-0.2, -0.15) is 5.10 Å². The Morgan fingerprint density at radius 2 is 1.77 bits per heavy atom. The fraction of sp³-hybridized carbons (Fsp3) is 0.310. The maximum atomic E-state index is 12.7. The molecule has 0 saturated heterocycles. The zero-order valence-corrected chi connectivity index (χ0v) is 24.0. The van der Waals surface area contributed by atoms with Crippen LogP contribution in [0.5, 0.6) is 11.5 Å². The molecule has 40 heavy (non-hydrogen) atoms. The lowest BCUT2D eigenvalue weighted by Crippen LogP contribution is -2.33. The molecule has 3 aromatic rings. The first kappa shape index (κ1) is 29.1. The van der Waals surface area contributed by atoms with Crippen molar-refractivity contribution >= 4 is 51.4 Å². The van der Waals surface area contributed by atoms with E-state index in [0.717, 1.165) is 41.7 Å². The van der Waals surface area contributed by atoms with Crippen molar-refractivity contribution in [3.05, 3.63) is 74.6 Å². The number of ether oxygens (including phenoxy) is 3. The van der Waals surface area contributed by atoms with Gasteiger partial charge in [0, 0.05) is 15.5 Å². The van der Waals surface area contributed by atoms with Crippen LogP contribution in [0.4, 0.5) is 5.00 Å². The SMILES string of the molecule is CCOC(=O)c1c(NC(=O)C(=O)N/N=C(\C)c2ccc(OCc3ccc(Cl)cc3)c(OC)c2)sc2c1CCCC2. The Morgan fingerprint density at radius 3 is 2.50 bits per heavy atom. The van der Waals surface area contributed by atoms with E-state index < -0.39 is 17.8 Å². The number of rotatable bonds is 9. The lowest BCUT2D eigenvalue weighted by Gasteiger charge is -2.12. The van der Waals surface area contributed by atoms with Gasteiger partial charge >= 0.3 is 17.8 Å². The largest absolute Gasteiger partial charge is 0.493 e. The van der Waals surface area contributed by atoms with Gasteiger partial charge < -0.3 is 19.5 Å². The normalized spacial score (nSPS) is 12.8. The first-order valence-electron chi connectivity index (χ1n) is 12.8. The predicted molar refractivity (Wildman–Crippen MR) is 155 cm³/mol. The summed E-state index contributed by atoms with van der Waals surface area (Å²) in [5, 5.41) is 7.63. The summed E-state index contributed by atoms with van der Waals surface area (Å²) >= 11 is 7.24. The standard InChI is InChI=1S/C29H30ClN3O6S/c1-4-38-29(36)25-21-7-5-6-8-24(21)40-28(25)31-26(34)27(35)33-32-17(2)19-11-14-22(23(15-19)37-3)39-16-18-9-12-20(30)13-10-18/h9-15H,4-8,16H2,1-3H3,(H,31,34)(H,33,35)/b32-17+. The number of hydrogen-bond acceptors (Lipinski definition) is 8. The number of methoxy groups -OCH3 is 1. The molecule has 0 radical (unpaired) electrons. The third-order valence-corrected chi connectivity index (χ3v) is 7.76. The second-order valence-corrected chi connectivity index (χ2v) is 10.6. The molecule has 0 atom stereocenters. The van der Waals surface area contributed by atoms with Gasteiger partial charge in [-0.15, -0.1) is 11.3 Å². The van der Waals surface area contributed by atoms with Gasteiger partial charge in [0.25, 0.3) is 0 Å². The average molecular weight is 584 g/mol. The Balaban J connectivity index is 1.41. The van der Waals surface area contributed by atoms with Crippen LogP contribution in [0.1, 0.15) is 58.6 Å². The van der Waals surface area contributed by atoms with Gasteiger partial charge in [-0.25, -0.2) is 10.2 Å². The van der Waals surface area contributed by atoms with Crippen LogP contribution in [0.2, 0.25) is 5.02 Å². The third kappa shape index (κ3) is 7.00. The minimum Gasteiger partial charge on any atom is -0.493 e. The van der Waals surface area contributed by atoms with Crippen LogP contribution < -0.4 is 20.2 Å². The van der Waals surface area contributed by atoms with Gasteiger partial charge in [0.15, 0.2) is 11.5 Å². The second kappa shape index (κ2) is 13.5. The molecule has 1 aromatic heterocycles. The number of benzene rings is 2. The van der Waals surface area contributed by atoms with Gasteiger partial charge in [0.1, 0.15) is 11.6 Å². The van der Waals surface area contributed by atoms with Crippen molar-refractivity contribution in [2.45, 2.75) is 46.1 Å². The number of halogens is 1. The van der Waals surface area contributed by atoms with E-state index in [9.17, 15) is 14.4 Å². The van der Waals surface area contributed by atoms with Crippen LogP contribution in [0.3, 0.4) is 0 Å². The summed E-state index contributed by atoms with van der Waals surface area (Å²) in [6.45, 7) is 3.95. The summed E-state index contributed by atoms with van der Waals surface area (Å²) in [4.78, 5) is 38.9. The maximum Gasteiger partial charge on any atom is 0.341 e. The number of hydrazone groups is 1. The van der Waals surface area contributed by atoms with Gasteiger partial charge in [-0.05, 0) is 81.0 Å². The number of fused-ring (bicyclic) bond motifs is 1. The predicted octanol–water partition coefficient (Wildman–Crippen LogP) is 5.52. The molecule has 0 unspecified atom stereocenters. The highest BCUT2D eigenvalue weighted by Crippen LogP contribution is 2.38. The molecule has 1 aliphatic rings. The van der Waals surface area contributed by atoms with Gasteiger partial charge in [0.05, 0.1) is 25.0 Å². The quantitative estimate of drug-likeness (QED) is 0.148. The zero-order chi connectivity index (χ0) is 28.6. The molecule has 0 aliphatic heterocycles. The van der Waals surface area contributed by atoms with Crippen molar-refractivity contribution in [1.29, 1.82) is 0 Å². The summed E-state index contributed by atoms with van der Waals surface area (Å²) < 4.78 is 16.6. The number of aryl methyl sites for hydroxylation is 1. The van der Waals surface area contributed by atoms with Gasteiger partial charge in [-0.3, -0.25) is 9.59 Å². The van der Waals surface area contributed by atoms with E-state index in [0.29, 0.717) is 45.0 Å². The molecule has 4 rings (SSSR count). The number of amides is 2. The summed E-state index contributed by atoms with van der Waals surface area (Å²) in [6, 6.07) is 12.6. The van der Waals surface area contributed by atoms with Crippen LogP contribution in [0.15, 0.2) is 47.6 Å². The molecule has 2 N–H and O–H groups in total. The zero-order valence-electron chi connectivity index (χ0n) is 22.5. The van der Waals surface area contributed by atoms with E-state index >= 15 is 0 Å². The molecule has 0 spiro atoms. The van der Waals surface area contributed by atoms with Crippen LogP contribution in [-0.4, -0.2) is 37.2 Å². The number of hydrogen-bond donors (Lipinski definition) is 2. The molecule has 1 aliphatic carbocycles. The highest BCUT2D eigenvalue weighted by Gasteiger charge is 2.28. The lowest BCUT2D eigenvalue weighted by molar-refractivity contribution is -0.136. The molecular weight excluding hydrogens is 554 g/mol. The fourth-order valence-corrected chi connectivity index (χ4v) is 5.64. The second-order valence-electron chi connectivity index (χ2n) is 9.01. The van der Waals surface area contributed by atoms with Crippen LogP contribution in [0, 0.1) is 0 Å². The smallest absolute Gasteiger partial charge is 0.341 e. The van der Waals surface area contributed by atoms with Crippen molar-refractivity contribution < 1.29 is 28.6 Å². The van der Waals surface area contributed by atoms with Crippen LogP contribution >= 0.6 is 22.9 Å². The highest BCUT2D eigenvalue weighted by atomic mass is 35.5. The monoisotopic (exact) mass is 583 g/mol. The van der Waals surface area contributed by atoms with Gasteiger partial charge in [-0.1, -0.05) is 23.7 Å². The van der Waals surface area contributed by atoms with Crippen molar-refractivity contribution in [1.82, 2.24) is 5.43 Å². The Kier molecular flexibility index (Phi) is 9.79. The van der Waals surface area contributed by atoms with E-state index in [1.54, 1.807) is 44.2 Å². The summed E-state index contributed by atoms with van der Waals surface area (Å²) in [6.07, 6.45) is 3.53. The Hall–Kier alpha value is -3.89. The minimum absolute atomic E-state index is 0.214. The van der Waals surface area contributed by atoms with Crippen LogP contribution in [-0.2, 0) is 33.8 Å². The molecule has 2 amide bonds. The molecule has 0 fully saturated rings. The van der Waals surface area contributed by atoms with Crippen LogP contribution in [0.25, 0.3) is 0 Å². The first-order chi connectivity index (χ1) is 19.3. The summed E-state index contributed by atoms with van der Waals surface area (Å²) in [7, 11) is 1.53. The number of thiophene rings is 1. The Bertz CT molecular complexity index is 1430. The Labute approximate surface area is 241 Å². The Morgan fingerprint density at radius 1 is 1.02 bits per heavy atom. The van der Waals surface area contributed by atoms with Crippen molar-refractivity contribution in [2.75, 3.05) is 19.0 Å². The number of anilines is 1.